The van der Waals surface area contributed by atoms with Gasteiger partial charge in [-0.3, -0.25) is 10.3 Å². The number of hydrazine groups is 1. The largest absolute Gasteiger partial charge is 0.331 e. The van der Waals surface area contributed by atoms with Crippen molar-refractivity contribution in [3.05, 3.63) is 0 Å². The van der Waals surface area contributed by atoms with Crippen molar-refractivity contribution >= 4 is 6.03 Å². The zero-order valence-corrected chi connectivity index (χ0v) is 7.79. The lowest BCUT2D eigenvalue weighted by atomic mass is 10.5. The fourth-order valence-electron chi connectivity index (χ4n) is 1.37. The Labute approximate surface area is 72.7 Å². The molecule has 70 valence electrons. The Hall–Kier alpha value is -0.810. The van der Waals surface area contributed by atoms with Gasteiger partial charge >= 0.3 is 6.03 Å². The van der Waals surface area contributed by atoms with E-state index in [1.54, 1.807) is 5.01 Å². The molecule has 5 heteroatoms. The molecule has 5 nitrogen and oxygen atoms in total. The second-order valence-corrected chi connectivity index (χ2v) is 2.79. The van der Waals surface area contributed by atoms with E-state index in [0.717, 1.165) is 13.1 Å². The van der Waals surface area contributed by atoms with Crippen molar-refractivity contribution in [2.24, 2.45) is 0 Å². The fourth-order valence-corrected chi connectivity index (χ4v) is 1.37. The van der Waals surface area contributed by atoms with Gasteiger partial charge in [-0.15, -0.1) is 0 Å². The first kappa shape index (κ1) is 9.28. The molecule has 0 aliphatic carbocycles. The van der Waals surface area contributed by atoms with E-state index in [9.17, 15) is 4.79 Å². The van der Waals surface area contributed by atoms with Crippen molar-refractivity contribution in [3.8, 4) is 0 Å². The molecule has 0 aromatic heterocycles. The molecular weight excluding hydrogens is 156 g/mol. The highest BCUT2D eigenvalue weighted by atomic mass is 16.2. The van der Waals surface area contributed by atoms with Gasteiger partial charge in [-0.05, 0) is 13.1 Å². The third-order valence-electron chi connectivity index (χ3n) is 2.06. The number of amides is 2. The predicted molar refractivity (Wildman–Crippen MR) is 46.1 cm³/mol. The van der Waals surface area contributed by atoms with Crippen LogP contribution in [0.5, 0.6) is 0 Å². The number of urea groups is 1. The number of hydrogen-bond donors (Lipinski definition) is 2. The van der Waals surface area contributed by atoms with E-state index in [2.05, 4.69) is 29.5 Å². The van der Waals surface area contributed by atoms with Gasteiger partial charge in [0.2, 0.25) is 0 Å². The first-order chi connectivity index (χ1) is 5.69. The molecule has 1 unspecified atom stereocenters. The third-order valence-corrected chi connectivity index (χ3v) is 2.06. The molecule has 2 amide bonds. The van der Waals surface area contributed by atoms with E-state index < -0.39 is 0 Å². The molecular formula is C7H16N4O. The van der Waals surface area contributed by atoms with Crippen LogP contribution in [0.4, 0.5) is 4.79 Å². The Morgan fingerprint density at radius 2 is 2.08 bits per heavy atom. The molecule has 1 rings (SSSR count). The highest BCUT2D eigenvalue weighted by Crippen LogP contribution is 2.02. The molecule has 1 heterocycles. The van der Waals surface area contributed by atoms with Crippen LogP contribution in [0.15, 0.2) is 0 Å². The molecule has 1 aliphatic heterocycles. The van der Waals surface area contributed by atoms with Crippen LogP contribution in [0.2, 0.25) is 0 Å². The van der Waals surface area contributed by atoms with Gasteiger partial charge in [-0.2, -0.15) is 5.01 Å². The molecule has 0 spiro atoms. The zero-order chi connectivity index (χ0) is 9.14. The third kappa shape index (κ3) is 1.67. The van der Waals surface area contributed by atoms with Crippen molar-refractivity contribution in [1.82, 2.24) is 20.7 Å². The highest BCUT2D eigenvalue weighted by Gasteiger charge is 2.29. The van der Waals surface area contributed by atoms with Gasteiger partial charge in [0, 0.05) is 7.05 Å². The van der Waals surface area contributed by atoms with Crippen LogP contribution in [0.1, 0.15) is 13.8 Å². The van der Waals surface area contributed by atoms with Crippen LogP contribution in [-0.4, -0.2) is 42.4 Å². The normalized spacial score (nSPS) is 24.3. The number of hydrogen-bond acceptors (Lipinski definition) is 3. The Morgan fingerprint density at radius 3 is 2.42 bits per heavy atom. The molecule has 0 aromatic rings. The number of rotatable bonds is 3. The second kappa shape index (κ2) is 3.73. The molecule has 1 aliphatic rings. The van der Waals surface area contributed by atoms with Crippen molar-refractivity contribution in [2.75, 3.05) is 20.1 Å². The second-order valence-electron chi connectivity index (χ2n) is 2.79. The Kier molecular flexibility index (Phi) is 2.88. The van der Waals surface area contributed by atoms with E-state index in [1.165, 1.54) is 0 Å². The first-order valence-corrected chi connectivity index (χ1v) is 4.23. The molecule has 0 radical (unpaired) electrons. The van der Waals surface area contributed by atoms with Crippen molar-refractivity contribution in [2.45, 2.75) is 20.1 Å². The van der Waals surface area contributed by atoms with Crippen molar-refractivity contribution in [3.63, 3.8) is 0 Å². The predicted octanol–water partition coefficient (Wildman–Crippen LogP) is -0.229. The lowest BCUT2D eigenvalue weighted by Crippen LogP contribution is -2.50. The van der Waals surface area contributed by atoms with Crippen LogP contribution >= 0.6 is 0 Å². The van der Waals surface area contributed by atoms with Crippen molar-refractivity contribution in [1.29, 1.82) is 0 Å². The monoisotopic (exact) mass is 172 g/mol. The summed E-state index contributed by atoms with van der Waals surface area (Å²) < 4.78 is 0. The fraction of sp³-hybridized carbons (Fsp3) is 0.857. The lowest BCUT2D eigenvalue weighted by molar-refractivity contribution is 0.0655. The summed E-state index contributed by atoms with van der Waals surface area (Å²) in [6, 6.07) is -0.130. The first-order valence-electron chi connectivity index (χ1n) is 4.23. The van der Waals surface area contributed by atoms with E-state index in [-0.39, 0.29) is 12.3 Å². The molecule has 0 saturated carbocycles. The number of carbonyl (C=O) groups excluding carboxylic acids is 1. The topological polar surface area (TPSA) is 47.6 Å². The summed E-state index contributed by atoms with van der Waals surface area (Å²) in [7, 11) is 1.85. The van der Waals surface area contributed by atoms with Gasteiger partial charge in [0.05, 0.1) is 0 Å². The zero-order valence-electron chi connectivity index (χ0n) is 7.79. The average Bonchev–Trinajstić information content (AvgIpc) is 2.34. The molecule has 1 fully saturated rings. The summed E-state index contributed by atoms with van der Waals surface area (Å²) in [5.41, 5.74) is 2.66. The summed E-state index contributed by atoms with van der Waals surface area (Å²) in [5, 5.41) is 4.58. The molecule has 1 saturated heterocycles. The maximum atomic E-state index is 10.9. The molecule has 12 heavy (non-hydrogen) atoms. The Balaban J connectivity index is 2.55. The lowest BCUT2D eigenvalue weighted by Gasteiger charge is -2.29. The number of nitrogens with zero attached hydrogens (tertiary/aromatic N) is 2. The average molecular weight is 172 g/mol. The van der Waals surface area contributed by atoms with Crippen molar-refractivity contribution < 1.29 is 4.79 Å². The van der Waals surface area contributed by atoms with E-state index in [1.807, 2.05) is 7.05 Å². The summed E-state index contributed by atoms with van der Waals surface area (Å²) in [5.74, 6) is 0. The standard InChI is InChI=1S/C7H16N4O/c1-4-11(5-2)7-8-6(12)9-10(7)3/h7H,4-5H2,1-3H3,(H2,8,9,12). The smallest absolute Gasteiger partial charge is 0.307 e. The Morgan fingerprint density at radius 1 is 1.50 bits per heavy atom. The van der Waals surface area contributed by atoms with Gasteiger partial charge < -0.3 is 5.32 Å². The van der Waals surface area contributed by atoms with E-state index >= 15 is 0 Å². The minimum atomic E-state index is -0.130. The highest BCUT2D eigenvalue weighted by molar-refractivity contribution is 5.75. The van der Waals surface area contributed by atoms with E-state index in [0.29, 0.717) is 0 Å². The summed E-state index contributed by atoms with van der Waals surface area (Å²) in [6.45, 7) is 5.99. The number of carbonyl (C=O) groups is 1. The molecule has 2 N–H and O–H groups in total. The van der Waals surface area contributed by atoms with E-state index in [4.69, 9.17) is 0 Å². The maximum absolute atomic E-state index is 10.9. The SMILES string of the molecule is CCN(CC)C1NC(=O)NN1C. The van der Waals surface area contributed by atoms with Gasteiger partial charge in [0.15, 0.2) is 6.29 Å². The summed E-state index contributed by atoms with van der Waals surface area (Å²) in [4.78, 5) is 13.1. The van der Waals surface area contributed by atoms with Gasteiger partial charge in [-0.25, -0.2) is 4.79 Å². The van der Waals surface area contributed by atoms with Gasteiger partial charge in [0.1, 0.15) is 0 Å². The Bertz CT molecular complexity index is 169. The molecule has 1 atom stereocenters. The van der Waals surface area contributed by atoms with Crippen LogP contribution in [0.3, 0.4) is 0 Å². The van der Waals surface area contributed by atoms with Crippen LogP contribution in [0, 0.1) is 0 Å². The van der Waals surface area contributed by atoms with Crippen LogP contribution < -0.4 is 10.7 Å². The minimum absolute atomic E-state index is 0.00694. The molecule has 0 aromatic carbocycles. The van der Waals surface area contributed by atoms with Gasteiger partial charge in [0.25, 0.3) is 0 Å². The molecule has 0 bridgehead atoms. The maximum Gasteiger partial charge on any atom is 0.331 e. The summed E-state index contributed by atoms with van der Waals surface area (Å²) in [6.07, 6.45) is -0.00694. The van der Waals surface area contributed by atoms with Gasteiger partial charge in [-0.1, -0.05) is 13.8 Å². The van der Waals surface area contributed by atoms with Crippen LogP contribution in [0.25, 0.3) is 0 Å². The quantitative estimate of drug-likeness (QED) is 0.618. The van der Waals surface area contributed by atoms with Crippen LogP contribution in [-0.2, 0) is 0 Å². The minimum Gasteiger partial charge on any atom is -0.307 e. The number of nitrogens with one attached hydrogen (secondary N) is 2. The summed E-state index contributed by atoms with van der Waals surface area (Å²) >= 11 is 0.